The maximum Gasteiger partial charge on any atom is 0.256 e. The summed E-state index contributed by atoms with van der Waals surface area (Å²) in [5, 5.41) is 6.66. The first kappa shape index (κ1) is 27.4. The molecule has 41 heavy (non-hydrogen) atoms. The first-order chi connectivity index (χ1) is 20.1. The van der Waals surface area contributed by atoms with E-state index in [4.69, 9.17) is 9.47 Å². The second-order valence-corrected chi connectivity index (χ2v) is 11.8. The molecule has 0 atom stereocenters. The molecule has 2 aromatic heterocycles. The van der Waals surface area contributed by atoms with Gasteiger partial charge >= 0.3 is 0 Å². The van der Waals surface area contributed by atoms with Gasteiger partial charge in [-0.15, -0.1) is 11.3 Å². The lowest BCUT2D eigenvalue weighted by molar-refractivity contribution is 0.0358. The largest absolute Gasteiger partial charge is 0.492 e. The zero-order valence-electron chi connectivity index (χ0n) is 22.3. The first-order valence-corrected chi connectivity index (χ1v) is 15.1. The van der Waals surface area contributed by atoms with Crippen LogP contribution in [0.15, 0.2) is 76.8 Å². The predicted octanol–water partition coefficient (Wildman–Crippen LogP) is 4.95. The van der Waals surface area contributed by atoms with Crippen molar-refractivity contribution in [2.75, 3.05) is 44.8 Å². The molecule has 6 rings (SSSR count). The van der Waals surface area contributed by atoms with Gasteiger partial charge in [0.15, 0.2) is 0 Å². The lowest BCUT2D eigenvalue weighted by atomic mass is 10.1. The highest BCUT2D eigenvalue weighted by Gasteiger charge is 2.21. The van der Waals surface area contributed by atoms with Crippen LogP contribution in [-0.2, 0) is 11.3 Å². The van der Waals surface area contributed by atoms with Gasteiger partial charge in [-0.25, -0.2) is 9.97 Å². The van der Waals surface area contributed by atoms with Crippen LogP contribution >= 0.6 is 23.1 Å². The highest BCUT2D eigenvalue weighted by atomic mass is 32.2. The van der Waals surface area contributed by atoms with Gasteiger partial charge in [0.05, 0.1) is 49.5 Å². The lowest BCUT2D eigenvalue weighted by Crippen LogP contribution is -2.37. The minimum absolute atomic E-state index is 0.182. The summed E-state index contributed by atoms with van der Waals surface area (Å²) >= 11 is 2.99. The van der Waals surface area contributed by atoms with Gasteiger partial charge < -0.3 is 20.1 Å². The van der Waals surface area contributed by atoms with Crippen LogP contribution in [0.3, 0.4) is 0 Å². The fraction of sp³-hybridized carbons (Fsp3) is 0.267. The van der Waals surface area contributed by atoms with Crippen molar-refractivity contribution >= 4 is 40.6 Å². The molecule has 0 saturated carbocycles. The number of carbonyl (C=O) groups excluding carboxylic acids is 2. The van der Waals surface area contributed by atoms with E-state index in [9.17, 15) is 9.59 Å². The summed E-state index contributed by atoms with van der Waals surface area (Å²) in [6.45, 7) is 5.57. The number of thiazole rings is 1. The summed E-state index contributed by atoms with van der Waals surface area (Å²) in [4.78, 5) is 39.7. The number of benzene rings is 2. The highest BCUT2D eigenvalue weighted by molar-refractivity contribution is 7.99. The number of ether oxygens (including phenoxy) is 2. The Bertz CT molecular complexity index is 1540. The third-order valence-electron chi connectivity index (χ3n) is 6.76. The zero-order valence-corrected chi connectivity index (χ0v) is 23.9. The van der Waals surface area contributed by atoms with Crippen LogP contribution in [0.2, 0.25) is 0 Å². The number of morpholine rings is 1. The van der Waals surface area contributed by atoms with Crippen molar-refractivity contribution in [2.45, 2.75) is 22.8 Å². The molecule has 0 spiro atoms. The van der Waals surface area contributed by atoms with E-state index in [2.05, 4.69) is 25.5 Å². The van der Waals surface area contributed by atoms with Gasteiger partial charge in [-0.1, -0.05) is 23.9 Å². The van der Waals surface area contributed by atoms with Crippen LogP contribution in [0, 0.1) is 0 Å². The third kappa shape index (κ3) is 6.76. The van der Waals surface area contributed by atoms with Crippen molar-refractivity contribution in [3.8, 4) is 16.5 Å². The summed E-state index contributed by atoms with van der Waals surface area (Å²) in [6, 6.07) is 16.6. The van der Waals surface area contributed by atoms with Crippen LogP contribution in [0.4, 0.5) is 5.69 Å². The molecule has 1 saturated heterocycles. The Hall–Kier alpha value is -3.77. The van der Waals surface area contributed by atoms with Gasteiger partial charge in [0.25, 0.3) is 11.8 Å². The van der Waals surface area contributed by atoms with Crippen molar-refractivity contribution in [1.29, 1.82) is 0 Å². The Morgan fingerprint density at radius 3 is 2.78 bits per heavy atom. The summed E-state index contributed by atoms with van der Waals surface area (Å²) in [5.41, 5.74) is 2.48. The molecule has 210 valence electrons. The average molecular weight is 588 g/mol. The summed E-state index contributed by atoms with van der Waals surface area (Å²) in [6.07, 6.45) is 4.43. The number of fused-ring (bicyclic) bond motifs is 2. The SMILES string of the molecule is O=C(NCc1cnc(-c2ccc(OCCCN3CCOCC3)cn2)s1)c1ccc2c(c1)NC(=O)c1ccccc1S2. The van der Waals surface area contributed by atoms with Gasteiger partial charge in [0.2, 0.25) is 0 Å². The van der Waals surface area contributed by atoms with Crippen LogP contribution in [0.1, 0.15) is 32.0 Å². The number of anilines is 1. The molecular formula is C30H29N5O4S2. The normalized spacial score (nSPS) is 14.9. The predicted molar refractivity (Wildman–Crippen MR) is 159 cm³/mol. The van der Waals surface area contributed by atoms with Crippen LogP contribution in [-0.4, -0.2) is 66.1 Å². The molecule has 0 bridgehead atoms. The number of pyridine rings is 1. The Balaban J connectivity index is 1.00. The standard InChI is InChI=1S/C30H29N5O4S2/c36-28(20-6-9-27-25(16-20)34-29(37)23-4-1-2-5-26(23)41-27)32-18-22-19-33-30(40-22)24-8-7-21(17-31-24)39-13-3-10-35-11-14-38-15-12-35/h1-2,4-9,16-17,19H,3,10-15,18H2,(H,32,36)(H,34,37). The van der Waals surface area contributed by atoms with Crippen LogP contribution < -0.4 is 15.4 Å². The number of hydrogen-bond donors (Lipinski definition) is 2. The number of rotatable bonds is 9. The van der Waals surface area contributed by atoms with Gasteiger partial charge in [-0.3, -0.25) is 14.5 Å². The van der Waals surface area contributed by atoms with Gasteiger partial charge in [-0.05, 0) is 48.9 Å². The van der Waals surface area contributed by atoms with Crippen molar-refractivity contribution in [2.24, 2.45) is 0 Å². The Morgan fingerprint density at radius 1 is 1.05 bits per heavy atom. The Morgan fingerprint density at radius 2 is 1.93 bits per heavy atom. The molecule has 2 aliphatic heterocycles. The second kappa shape index (κ2) is 12.8. The van der Waals surface area contributed by atoms with E-state index in [1.165, 1.54) is 23.1 Å². The van der Waals surface area contributed by atoms with E-state index in [0.717, 1.165) is 70.4 Å². The average Bonchev–Trinajstić information content (AvgIpc) is 3.43. The number of amides is 2. The van der Waals surface area contributed by atoms with E-state index in [1.807, 2.05) is 36.4 Å². The maximum atomic E-state index is 12.9. The molecule has 0 aliphatic carbocycles. The maximum absolute atomic E-state index is 12.9. The monoisotopic (exact) mass is 587 g/mol. The Labute approximate surface area is 246 Å². The van der Waals surface area contributed by atoms with Gasteiger partial charge in [0, 0.05) is 46.1 Å². The molecule has 1 fully saturated rings. The zero-order chi connectivity index (χ0) is 28.0. The van der Waals surface area contributed by atoms with E-state index in [1.54, 1.807) is 30.6 Å². The van der Waals surface area contributed by atoms with Crippen molar-refractivity contribution in [1.82, 2.24) is 20.2 Å². The quantitative estimate of drug-likeness (QED) is 0.265. The molecule has 4 aromatic rings. The number of nitrogens with zero attached hydrogens (tertiary/aromatic N) is 3. The topological polar surface area (TPSA) is 106 Å². The molecular weight excluding hydrogens is 558 g/mol. The number of carbonyl (C=O) groups is 2. The lowest BCUT2D eigenvalue weighted by Gasteiger charge is -2.26. The number of nitrogens with one attached hydrogen (secondary N) is 2. The highest BCUT2D eigenvalue weighted by Crippen LogP contribution is 2.39. The van der Waals surface area contributed by atoms with Crippen LogP contribution in [0.25, 0.3) is 10.7 Å². The molecule has 2 aliphatic rings. The van der Waals surface area contributed by atoms with E-state index >= 15 is 0 Å². The molecule has 2 amide bonds. The molecule has 9 nitrogen and oxygen atoms in total. The smallest absolute Gasteiger partial charge is 0.256 e. The molecule has 11 heteroatoms. The molecule has 2 N–H and O–H groups in total. The summed E-state index contributed by atoms with van der Waals surface area (Å²) < 4.78 is 11.2. The van der Waals surface area contributed by atoms with Gasteiger partial charge in [-0.2, -0.15) is 0 Å². The molecule has 0 unspecified atom stereocenters. The summed E-state index contributed by atoms with van der Waals surface area (Å²) in [7, 11) is 0. The fourth-order valence-electron chi connectivity index (χ4n) is 4.58. The molecule has 4 heterocycles. The molecule has 0 radical (unpaired) electrons. The van der Waals surface area contributed by atoms with Crippen molar-refractivity contribution in [3.63, 3.8) is 0 Å². The third-order valence-corrected chi connectivity index (χ3v) is 8.94. The second-order valence-electron chi connectivity index (χ2n) is 9.61. The van der Waals surface area contributed by atoms with Crippen LogP contribution in [0.5, 0.6) is 5.75 Å². The van der Waals surface area contributed by atoms with Crippen molar-refractivity contribution in [3.05, 3.63) is 83.0 Å². The molecule has 2 aromatic carbocycles. The van der Waals surface area contributed by atoms with E-state index < -0.39 is 0 Å². The summed E-state index contributed by atoms with van der Waals surface area (Å²) in [5.74, 6) is 0.328. The van der Waals surface area contributed by atoms with E-state index in [0.29, 0.717) is 30.0 Å². The van der Waals surface area contributed by atoms with Crippen molar-refractivity contribution < 1.29 is 19.1 Å². The fourth-order valence-corrected chi connectivity index (χ4v) is 6.42. The van der Waals surface area contributed by atoms with Gasteiger partial charge in [0.1, 0.15) is 10.8 Å². The Kier molecular flexibility index (Phi) is 8.57. The minimum atomic E-state index is -0.225. The number of aromatic nitrogens is 2. The minimum Gasteiger partial charge on any atom is -0.492 e. The van der Waals surface area contributed by atoms with E-state index in [-0.39, 0.29) is 11.8 Å². The first-order valence-electron chi connectivity index (χ1n) is 13.5. The number of hydrogen-bond acceptors (Lipinski definition) is 9.